The van der Waals surface area contributed by atoms with Crippen molar-refractivity contribution in [2.24, 2.45) is 5.41 Å². The molecule has 0 aliphatic heterocycles. The van der Waals surface area contributed by atoms with Gasteiger partial charge in [0.05, 0.1) is 0 Å². The van der Waals surface area contributed by atoms with Crippen molar-refractivity contribution < 1.29 is 0 Å². The monoisotopic (exact) mass is 262 g/mol. The number of rotatable bonds is 0. The summed E-state index contributed by atoms with van der Waals surface area (Å²) >= 11 is 2.44. The Balaban J connectivity index is 2.87. The molecule has 0 aromatic carbocycles. The fourth-order valence-corrected chi connectivity index (χ4v) is 2.65. The van der Waals surface area contributed by atoms with Gasteiger partial charge >= 0.3 is 0 Å². The second-order valence-corrected chi connectivity index (χ2v) is 5.16. The lowest BCUT2D eigenvalue weighted by Crippen LogP contribution is -2.10. The first-order chi connectivity index (χ1) is 5.02. The van der Waals surface area contributed by atoms with E-state index in [1.807, 2.05) is 0 Å². The van der Waals surface area contributed by atoms with Gasteiger partial charge in [-0.05, 0) is 46.4 Å². The standard InChI is InChI=1S/C10H15I/c1-10(2,3)8-6-4-5-7-9(8)11/h6-7H,4-5H2,1-3H3. The van der Waals surface area contributed by atoms with E-state index >= 15 is 0 Å². The van der Waals surface area contributed by atoms with Crippen LogP contribution in [0.3, 0.4) is 0 Å². The molecule has 0 spiro atoms. The van der Waals surface area contributed by atoms with Crippen molar-refractivity contribution in [2.45, 2.75) is 33.6 Å². The van der Waals surface area contributed by atoms with E-state index in [-0.39, 0.29) is 0 Å². The first-order valence-corrected chi connectivity index (χ1v) is 5.16. The molecule has 0 atom stereocenters. The van der Waals surface area contributed by atoms with Crippen molar-refractivity contribution in [3.05, 3.63) is 21.3 Å². The second kappa shape index (κ2) is 3.30. The first-order valence-electron chi connectivity index (χ1n) is 4.08. The zero-order chi connectivity index (χ0) is 8.48. The Morgan fingerprint density at radius 2 is 1.73 bits per heavy atom. The van der Waals surface area contributed by atoms with E-state index in [1.165, 1.54) is 22.0 Å². The normalized spacial score (nSPS) is 19.3. The van der Waals surface area contributed by atoms with Gasteiger partial charge in [0.2, 0.25) is 0 Å². The van der Waals surface area contributed by atoms with Gasteiger partial charge in [0.1, 0.15) is 0 Å². The molecule has 1 rings (SSSR count). The summed E-state index contributed by atoms with van der Waals surface area (Å²) in [5.74, 6) is 0. The highest BCUT2D eigenvalue weighted by atomic mass is 127. The maximum Gasteiger partial charge on any atom is 0.0124 e. The number of allylic oxidation sites excluding steroid dienone is 4. The van der Waals surface area contributed by atoms with E-state index in [4.69, 9.17) is 0 Å². The highest BCUT2D eigenvalue weighted by Gasteiger charge is 2.19. The van der Waals surface area contributed by atoms with Gasteiger partial charge in [-0.3, -0.25) is 0 Å². The van der Waals surface area contributed by atoms with Crippen LogP contribution in [0.1, 0.15) is 33.6 Å². The van der Waals surface area contributed by atoms with E-state index in [0.717, 1.165) is 0 Å². The molecule has 0 radical (unpaired) electrons. The summed E-state index contributed by atoms with van der Waals surface area (Å²) < 4.78 is 1.45. The van der Waals surface area contributed by atoms with Crippen LogP contribution in [-0.4, -0.2) is 0 Å². The summed E-state index contributed by atoms with van der Waals surface area (Å²) in [7, 11) is 0. The van der Waals surface area contributed by atoms with Crippen molar-refractivity contribution in [3.63, 3.8) is 0 Å². The third kappa shape index (κ3) is 2.32. The van der Waals surface area contributed by atoms with Crippen LogP contribution in [0.15, 0.2) is 21.3 Å². The van der Waals surface area contributed by atoms with Crippen LogP contribution >= 0.6 is 22.6 Å². The van der Waals surface area contributed by atoms with Crippen LogP contribution in [0.5, 0.6) is 0 Å². The van der Waals surface area contributed by atoms with Gasteiger partial charge in [-0.2, -0.15) is 0 Å². The third-order valence-electron chi connectivity index (χ3n) is 1.90. The van der Waals surface area contributed by atoms with E-state index in [1.54, 1.807) is 0 Å². The molecule has 0 nitrogen and oxygen atoms in total. The average molecular weight is 262 g/mol. The van der Waals surface area contributed by atoms with Crippen molar-refractivity contribution in [2.75, 3.05) is 0 Å². The Morgan fingerprint density at radius 3 is 2.09 bits per heavy atom. The van der Waals surface area contributed by atoms with Gasteiger partial charge in [0.25, 0.3) is 0 Å². The lowest BCUT2D eigenvalue weighted by atomic mass is 9.84. The topological polar surface area (TPSA) is 0 Å². The molecule has 0 saturated carbocycles. The third-order valence-corrected chi connectivity index (χ3v) is 2.93. The minimum absolute atomic E-state index is 0.327. The zero-order valence-electron chi connectivity index (χ0n) is 7.45. The lowest BCUT2D eigenvalue weighted by molar-refractivity contribution is 0.511. The fraction of sp³-hybridized carbons (Fsp3) is 0.600. The molecule has 0 amide bonds. The number of hydrogen-bond donors (Lipinski definition) is 0. The SMILES string of the molecule is CC(C)(C)C1=CCCC=C1I. The molecule has 0 aromatic heterocycles. The molecule has 0 N–H and O–H groups in total. The average Bonchev–Trinajstić information content (AvgIpc) is 1.86. The molecule has 1 heteroatoms. The Bertz CT molecular complexity index is 203. The minimum Gasteiger partial charge on any atom is -0.0794 e. The van der Waals surface area contributed by atoms with Gasteiger partial charge in [0, 0.05) is 3.58 Å². The van der Waals surface area contributed by atoms with Crippen LogP contribution in [0.2, 0.25) is 0 Å². The molecule has 0 bridgehead atoms. The molecule has 0 fully saturated rings. The van der Waals surface area contributed by atoms with Crippen LogP contribution in [0.25, 0.3) is 0 Å². The predicted octanol–water partition coefficient (Wildman–Crippen LogP) is 4.07. The maximum absolute atomic E-state index is 2.44. The summed E-state index contributed by atoms with van der Waals surface area (Å²) in [6.45, 7) is 6.82. The number of halogens is 1. The first kappa shape index (κ1) is 9.30. The summed E-state index contributed by atoms with van der Waals surface area (Å²) in [6, 6.07) is 0. The van der Waals surface area contributed by atoms with Gasteiger partial charge < -0.3 is 0 Å². The molecule has 1 aliphatic carbocycles. The van der Waals surface area contributed by atoms with Crippen LogP contribution in [0, 0.1) is 5.41 Å². The van der Waals surface area contributed by atoms with E-state index in [0.29, 0.717) is 5.41 Å². The Hall–Kier alpha value is 0.210. The summed E-state index contributed by atoms with van der Waals surface area (Å²) in [5.41, 5.74) is 1.84. The van der Waals surface area contributed by atoms with Crippen LogP contribution < -0.4 is 0 Å². The van der Waals surface area contributed by atoms with E-state index in [9.17, 15) is 0 Å². The Kier molecular flexibility index (Phi) is 2.79. The molecule has 0 saturated heterocycles. The summed E-state index contributed by atoms with van der Waals surface area (Å²) in [4.78, 5) is 0. The molecule has 11 heavy (non-hydrogen) atoms. The summed E-state index contributed by atoms with van der Waals surface area (Å²) in [6.07, 6.45) is 7.15. The number of hydrogen-bond acceptors (Lipinski definition) is 0. The molecule has 62 valence electrons. The van der Waals surface area contributed by atoms with Crippen LogP contribution in [0.4, 0.5) is 0 Å². The van der Waals surface area contributed by atoms with Gasteiger partial charge in [-0.15, -0.1) is 0 Å². The smallest absolute Gasteiger partial charge is 0.0124 e. The van der Waals surface area contributed by atoms with E-state index in [2.05, 4.69) is 55.5 Å². The molecule has 0 aromatic rings. The lowest BCUT2D eigenvalue weighted by Gasteiger charge is -2.25. The zero-order valence-corrected chi connectivity index (χ0v) is 9.60. The quantitative estimate of drug-likeness (QED) is 0.577. The Labute approximate surface area is 82.9 Å². The minimum atomic E-state index is 0.327. The molecule has 0 unspecified atom stereocenters. The highest BCUT2D eigenvalue weighted by molar-refractivity contribution is 14.1. The largest absolute Gasteiger partial charge is 0.0794 e. The second-order valence-electron chi connectivity index (χ2n) is 4.00. The van der Waals surface area contributed by atoms with Gasteiger partial charge in [0.15, 0.2) is 0 Å². The van der Waals surface area contributed by atoms with Crippen molar-refractivity contribution in [1.82, 2.24) is 0 Å². The maximum atomic E-state index is 2.44. The molecule has 0 heterocycles. The highest BCUT2D eigenvalue weighted by Crippen LogP contribution is 2.37. The van der Waals surface area contributed by atoms with Crippen LogP contribution in [-0.2, 0) is 0 Å². The summed E-state index contributed by atoms with van der Waals surface area (Å²) in [5, 5.41) is 0. The van der Waals surface area contributed by atoms with Crippen molar-refractivity contribution in [3.8, 4) is 0 Å². The molecular formula is C10H15I. The predicted molar refractivity (Wildman–Crippen MR) is 58.9 cm³/mol. The van der Waals surface area contributed by atoms with Gasteiger partial charge in [-0.1, -0.05) is 32.9 Å². The van der Waals surface area contributed by atoms with Gasteiger partial charge in [-0.25, -0.2) is 0 Å². The van der Waals surface area contributed by atoms with Crippen molar-refractivity contribution >= 4 is 22.6 Å². The Morgan fingerprint density at radius 1 is 1.18 bits per heavy atom. The van der Waals surface area contributed by atoms with Crippen molar-refractivity contribution in [1.29, 1.82) is 0 Å². The fourth-order valence-electron chi connectivity index (χ4n) is 1.31. The van der Waals surface area contributed by atoms with E-state index < -0.39 is 0 Å². The molecule has 1 aliphatic rings. The molecular weight excluding hydrogens is 247 g/mol.